The maximum absolute atomic E-state index is 12.1. The largest absolute Gasteiger partial charge is 0.451 e. The molecular weight excluding hydrogens is 336 g/mol. The fourth-order valence-corrected chi connectivity index (χ4v) is 2.13. The first-order valence-corrected chi connectivity index (χ1v) is 7.71. The van der Waals surface area contributed by atoms with E-state index in [9.17, 15) is 9.59 Å². The van der Waals surface area contributed by atoms with Gasteiger partial charge in [0.1, 0.15) is 11.7 Å². The molecule has 9 nitrogen and oxygen atoms in total. The number of amidine groups is 1. The molecule has 2 rings (SSSR count). The van der Waals surface area contributed by atoms with Crippen LogP contribution in [0.4, 0.5) is 21.1 Å². The van der Waals surface area contributed by atoms with E-state index in [4.69, 9.17) is 11.5 Å². The van der Waals surface area contributed by atoms with Crippen LogP contribution in [0, 0.1) is 0 Å². The van der Waals surface area contributed by atoms with Gasteiger partial charge >= 0.3 is 12.1 Å². The highest BCUT2D eigenvalue weighted by atomic mass is 16.5. The number of nitrogens with two attached hydrogens (primary N) is 2. The predicted molar refractivity (Wildman–Crippen MR) is 98.8 cm³/mol. The Balaban J connectivity index is 2.04. The normalized spacial score (nSPS) is 12.2. The average Bonchev–Trinajstić information content (AvgIpc) is 2.62. The van der Waals surface area contributed by atoms with Gasteiger partial charge in [-0.1, -0.05) is 30.3 Å². The Hall–Kier alpha value is -3.62. The zero-order valence-corrected chi connectivity index (χ0v) is 14.4. The van der Waals surface area contributed by atoms with Gasteiger partial charge in [-0.2, -0.15) is 4.99 Å². The molecule has 0 aliphatic carbocycles. The Morgan fingerprint density at radius 1 is 1.27 bits per heavy atom. The van der Waals surface area contributed by atoms with Gasteiger partial charge in [-0.15, -0.1) is 0 Å². The molecule has 0 aliphatic heterocycles. The van der Waals surface area contributed by atoms with E-state index in [-0.39, 0.29) is 28.9 Å². The molecule has 1 unspecified atom stereocenters. The number of benzene rings is 1. The Kier molecular flexibility index (Phi) is 6.10. The first-order valence-electron chi connectivity index (χ1n) is 7.71. The molecule has 136 valence electrons. The van der Waals surface area contributed by atoms with Crippen molar-refractivity contribution in [2.24, 2.45) is 10.7 Å². The second-order valence-corrected chi connectivity index (χ2v) is 5.35. The monoisotopic (exact) mass is 356 g/mol. The van der Waals surface area contributed by atoms with Crippen LogP contribution < -0.4 is 22.1 Å². The van der Waals surface area contributed by atoms with Crippen molar-refractivity contribution < 1.29 is 14.3 Å². The molecule has 0 saturated heterocycles. The maximum atomic E-state index is 12.1. The lowest BCUT2D eigenvalue weighted by Gasteiger charge is -2.15. The number of aliphatic imine (C=N–C) groups is 1. The number of hydrogen-bond acceptors (Lipinski definition) is 5. The summed E-state index contributed by atoms with van der Waals surface area (Å²) in [5, 5.41) is 5.38. The number of nitrogens with one attached hydrogen (secondary N) is 2. The molecular formula is C17H20N6O3. The number of methoxy groups -OCH3 is 1. The quantitative estimate of drug-likeness (QED) is 0.487. The number of urea groups is 1. The third kappa shape index (κ3) is 4.94. The van der Waals surface area contributed by atoms with Crippen LogP contribution >= 0.6 is 0 Å². The fraction of sp³-hybridized carbons (Fsp3) is 0.176. The van der Waals surface area contributed by atoms with E-state index in [0.717, 1.165) is 5.56 Å². The number of nitrogen functional groups attached to an aromatic ring is 1. The van der Waals surface area contributed by atoms with Crippen LogP contribution in [-0.2, 0) is 4.74 Å². The van der Waals surface area contributed by atoms with E-state index in [1.54, 1.807) is 0 Å². The minimum atomic E-state index is -0.849. The van der Waals surface area contributed by atoms with Gasteiger partial charge in [0.25, 0.3) is 0 Å². The Labute approximate surface area is 150 Å². The number of ether oxygens (including phenoxy) is 1. The second kappa shape index (κ2) is 8.47. The van der Waals surface area contributed by atoms with E-state index < -0.39 is 12.1 Å². The number of pyridine rings is 1. The van der Waals surface area contributed by atoms with Crippen molar-refractivity contribution in [2.75, 3.05) is 18.2 Å². The summed E-state index contributed by atoms with van der Waals surface area (Å²) in [5.41, 5.74) is 13.0. The summed E-state index contributed by atoms with van der Waals surface area (Å²) in [6.45, 7) is 1.86. The lowest BCUT2D eigenvalue weighted by molar-refractivity contribution is 0.182. The van der Waals surface area contributed by atoms with Crippen LogP contribution in [0.15, 0.2) is 47.6 Å². The zero-order chi connectivity index (χ0) is 19.1. The summed E-state index contributed by atoms with van der Waals surface area (Å²) < 4.78 is 4.40. The predicted octanol–water partition coefficient (Wildman–Crippen LogP) is 2.02. The lowest BCUT2D eigenvalue weighted by Crippen LogP contribution is -2.31. The fourth-order valence-electron chi connectivity index (χ4n) is 2.13. The minimum absolute atomic E-state index is 0.129. The van der Waals surface area contributed by atoms with E-state index in [0.29, 0.717) is 0 Å². The molecule has 1 heterocycles. The van der Waals surface area contributed by atoms with Gasteiger partial charge in [0.05, 0.1) is 18.7 Å². The molecule has 0 spiro atoms. The summed E-state index contributed by atoms with van der Waals surface area (Å²) in [4.78, 5) is 30.8. The van der Waals surface area contributed by atoms with E-state index >= 15 is 0 Å². The number of aromatic nitrogens is 1. The number of rotatable bonds is 4. The summed E-state index contributed by atoms with van der Waals surface area (Å²) in [7, 11) is 1.18. The summed E-state index contributed by atoms with van der Waals surface area (Å²) >= 11 is 0. The van der Waals surface area contributed by atoms with Crippen molar-refractivity contribution in [3.05, 3.63) is 53.7 Å². The number of nitrogens with zero attached hydrogens (tertiary/aromatic N) is 2. The Bertz CT molecular complexity index is 823. The molecule has 9 heteroatoms. The molecule has 0 aliphatic rings. The molecule has 2 aromatic rings. The topological polar surface area (TPSA) is 145 Å². The van der Waals surface area contributed by atoms with Crippen molar-refractivity contribution in [1.29, 1.82) is 0 Å². The highest BCUT2D eigenvalue weighted by molar-refractivity contribution is 6.06. The van der Waals surface area contributed by atoms with Gasteiger partial charge in [0.15, 0.2) is 0 Å². The number of carbonyl (C=O) groups is 2. The van der Waals surface area contributed by atoms with Crippen molar-refractivity contribution in [3.63, 3.8) is 0 Å². The molecule has 0 fully saturated rings. The van der Waals surface area contributed by atoms with Gasteiger partial charge in [-0.3, -0.25) is 5.32 Å². The van der Waals surface area contributed by atoms with Crippen molar-refractivity contribution in [1.82, 2.24) is 10.3 Å². The van der Waals surface area contributed by atoms with Gasteiger partial charge < -0.3 is 21.5 Å². The SMILES string of the molecule is COC(=O)N=C(N)c1cnc(NC(=O)NC(C)c2ccccc2)cc1N. The smallest absolute Gasteiger partial charge is 0.435 e. The summed E-state index contributed by atoms with van der Waals surface area (Å²) in [5.74, 6) is 0.102. The standard InChI is InChI=1S/C17H20N6O3/c1-10(11-6-4-3-5-7-11)21-16(24)22-14-8-13(18)12(9-20-14)15(19)23-17(25)26-2/h3-10H,1-2H3,(H2,19,23,25)(H4,18,20,21,22,24). The van der Waals surface area contributed by atoms with E-state index in [1.165, 1.54) is 19.4 Å². The molecule has 0 saturated carbocycles. The number of hydrogen-bond donors (Lipinski definition) is 4. The van der Waals surface area contributed by atoms with Crippen molar-refractivity contribution in [3.8, 4) is 0 Å². The zero-order valence-electron chi connectivity index (χ0n) is 14.4. The molecule has 1 aromatic heterocycles. The Morgan fingerprint density at radius 2 is 1.96 bits per heavy atom. The third-order valence-corrected chi connectivity index (χ3v) is 3.49. The molecule has 1 atom stereocenters. The summed E-state index contributed by atoms with van der Waals surface area (Å²) in [6.07, 6.45) is 0.464. The van der Waals surface area contributed by atoms with Gasteiger partial charge in [-0.25, -0.2) is 14.6 Å². The van der Waals surface area contributed by atoms with Crippen LogP contribution in [-0.4, -0.2) is 30.1 Å². The van der Waals surface area contributed by atoms with E-state index in [2.05, 4.69) is 25.3 Å². The molecule has 26 heavy (non-hydrogen) atoms. The number of carbonyl (C=O) groups excluding carboxylic acids is 2. The first-order chi connectivity index (χ1) is 12.4. The lowest BCUT2D eigenvalue weighted by atomic mass is 10.1. The van der Waals surface area contributed by atoms with E-state index in [1.807, 2.05) is 37.3 Å². The number of anilines is 2. The second-order valence-electron chi connectivity index (χ2n) is 5.35. The van der Waals surface area contributed by atoms with Crippen LogP contribution in [0.2, 0.25) is 0 Å². The molecule has 6 N–H and O–H groups in total. The highest BCUT2D eigenvalue weighted by Gasteiger charge is 2.12. The van der Waals surface area contributed by atoms with Gasteiger partial charge in [-0.05, 0) is 12.5 Å². The third-order valence-electron chi connectivity index (χ3n) is 3.49. The first kappa shape index (κ1) is 18.7. The highest BCUT2D eigenvalue weighted by Crippen LogP contribution is 2.16. The molecule has 0 radical (unpaired) electrons. The van der Waals surface area contributed by atoms with Crippen LogP contribution in [0.3, 0.4) is 0 Å². The molecule has 1 aromatic carbocycles. The molecule has 0 bridgehead atoms. The van der Waals surface area contributed by atoms with Crippen molar-refractivity contribution in [2.45, 2.75) is 13.0 Å². The van der Waals surface area contributed by atoms with Crippen molar-refractivity contribution >= 4 is 29.5 Å². The van der Waals surface area contributed by atoms with Crippen LogP contribution in [0.5, 0.6) is 0 Å². The van der Waals surface area contributed by atoms with Crippen LogP contribution in [0.25, 0.3) is 0 Å². The van der Waals surface area contributed by atoms with Crippen LogP contribution in [0.1, 0.15) is 24.1 Å². The minimum Gasteiger partial charge on any atom is -0.451 e. The van der Waals surface area contributed by atoms with Gasteiger partial charge in [0, 0.05) is 18.0 Å². The summed E-state index contributed by atoms with van der Waals surface area (Å²) in [6, 6.07) is 10.3. The Morgan fingerprint density at radius 3 is 2.58 bits per heavy atom. The number of amides is 3. The molecule has 3 amide bonds. The maximum Gasteiger partial charge on any atom is 0.435 e. The average molecular weight is 356 g/mol. The van der Waals surface area contributed by atoms with Gasteiger partial charge in [0.2, 0.25) is 0 Å².